The molecule has 0 unspecified atom stereocenters. The molecule has 7 heteroatoms. The first-order chi connectivity index (χ1) is 11.0. The van der Waals surface area contributed by atoms with E-state index in [4.69, 9.17) is 14.6 Å². The Bertz CT molecular complexity index is 646. The maximum Gasteiger partial charge on any atom is 0.407 e. The zero-order valence-electron chi connectivity index (χ0n) is 13.2. The van der Waals surface area contributed by atoms with Gasteiger partial charge in [-0.3, -0.25) is 9.69 Å². The number of carbonyl (C=O) groups excluding carboxylic acids is 1. The number of Topliss-reactive ketones (excluding diaryl/α,β-unsaturated/α-hetero) is 1. The number of methoxy groups -OCH3 is 1. The molecule has 2 heterocycles. The summed E-state index contributed by atoms with van der Waals surface area (Å²) in [7, 11) is 1.59. The summed E-state index contributed by atoms with van der Waals surface area (Å²) in [5.74, 6) is 1.27. The highest BCUT2D eigenvalue weighted by atomic mass is 16.5. The SMILES string of the molecule is COc1ccc2c(c1CN1CCN(C(=O)O)[C@H](C)C1)OCC2=O. The van der Waals surface area contributed by atoms with Crippen molar-refractivity contribution in [1.29, 1.82) is 0 Å². The van der Waals surface area contributed by atoms with Gasteiger partial charge in [-0.05, 0) is 19.1 Å². The Kier molecular flexibility index (Phi) is 4.12. The number of benzene rings is 1. The molecule has 1 fully saturated rings. The summed E-state index contributed by atoms with van der Waals surface area (Å²) in [5, 5.41) is 9.15. The van der Waals surface area contributed by atoms with Gasteiger partial charge in [0.25, 0.3) is 0 Å². The van der Waals surface area contributed by atoms with Crippen LogP contribution in [0.15, 0.2) is 12.1 Å². The maximum atomic E-state index is 11.8. The van der Waals surface area contributed by atoms with Crippen LogP contribution in [0.1, 0.15) is 22.8 Å². The number of hydrogen-bond donors (Lipinski definition) is 1. The van der Waals surface area contributed by atoms with Gasteiger partial charge in [-0.1, -0.05) is 0 Å². The van der Waals surface area contributed by atoms with Crippen LogP contribution in [0.4, 0.5) is 4.79 Å². The minimum absolute atomic E-state index is 0.0204. The lowest BCUT2D eigenvalue weighted by Crippen LogP contribution is -2.53. The smallest absolute Gasteiger partial charge is 0.407 e. The topological polar surface area (TPSA) is 79.3 Å². The maximum absolute atomic E-state index is 11.8. The first-order valence-corrected chi connectivity index (χ1v) is 7.59. The second kappa shape index (κ2) is 6.08. The number of carbonyl (C=O) groups is 2. The molecule has 2 aliphatic rings. The van der Waals surface area contributed by atoms with E-state index in [1.165, 1.54) is 4.90 Å². The molecule has 1 aromatic carbocycles. The van der Waals surface area contributed by atoms with Gasteiger partial charge in [0.05, 0.1) is 18.2 Å². The molecule has 1 N–H and O–H groups in total. The number of ether oxygens (including phenoxy) is 2. The summed E-state index contributed by atoms with van der Waals surface area (Å²) in [6, 6.07) is 3.45. The van der Waals surface area contributed by atoms with Crippen LogP contribution in [0, 0.1) is 0 Å². The molecule has 1 aromatic rings. The van der Waals surface area contributed by atoms with Gasteiger partial charge in [0, 0.05) is 32.2 Å². The van der Waals surface area contributed by atoms with Crippen molar-refractivity contribution in [3.63, 3.8) is 0 Å². The molecule has 124 valence electrons. The van der Waals surface area contributed by atoms with Gasteiger partial charge in [-0.25, -0.2) is 4.79 Å². The van der Waals surface area contributed by atoms with Gasteiger partial charge in [-0.2, -0.15) is 0 Å². The van der Waals surface area contributed by atoms with Crippen molar-refractivity contribution in [2.75, 3.05) is 33.4 Å². The third-order valence-electron chi connectivity index (χ3n) is 4.42. The fraction of sp³-hybridized carbons (Fsp3) is 0.500. The van der Waals surface area contributed by atoms with Crippen molar-refractivity contribution in [2.45, 2.75) is 19.5 Å². The Morgan fingerprint density at radius 3 is 2.87 bits per heavy atom. The Labute approximate surface area is 134 Å². The lowest BCUT2D eigenvalue weighted by molar-refractivity contribution is 0.0704. The molecular formula is C16H20N2O5. The van der Waals surface area contributed by atoms with Crippen molar-refractivity contribution < 1.29 is 24.2 Å². The van der Waals surface area contributed by atoms with Crippen molar-refractivity contribution in [2.24, 2.45) is 0 Å². The molecule has 1 amide bonds. The van der Waals surface area contributed by atoms with Crippen molar-refractivity contribution in [3.05, 3.63) is 23.3 Å². The highest BCUT2D eigenvalue weighted by Gasteiger charge is 2.31. The lowest BCUT2D eigenvalue weighted by Gasteiger charge is -2.38. The number of rotatable bonds is 3. The normalized spacial score (nSPS) is 21.0. The predicted octanol–water partition coefficient (Wildman–Crippen LogP) is 1.45. The first-order valence-electron chi connectivity index (χ1n) is 7.59. The highest BCUT2D eigenvalue weighted by molar-refractivity contribution is 6.03. The standard InChI is InChI=1S/C16H20N2O5/c1-10-7-17(5-6-18(10)16(20)21)8-12-14(22-2)4-3-11-13(19)9-23-15(11)12/h3-4,10H,5-9H2,1-2H3,(H,20,21)/t10-/m1/s1. The molecular weight excluding hydrogens is 300 g/mol. The lowest BCUT2D eigenvalue weighted by atomic mass is 10.0. The summed E-state index contributed by atoms with van der Waals surface area (Å²) in [4.78, 5) is 26.6. The van der Waals surface area contributed by atoms with Gasteiger partial charge in [0.1, 0.15) is 11.5 Å². The second-order valence-electron chi connectivity index (χ2n) is 5.90. The summed E-state index contributed by atoms with van der Waals surface area (Å²) in [6.07, 6.45) is -0.885. The van der Waals surface area contributed by atoms with E-state index in [1.807, 2.05) is 6.92 Å². The van der Waals surface area contributed by atoms with Crippen LogP contribution in [0.25, 0.3) is 0 Å². The van der Waals surface area contributed by atoms with Gasteiger partial charge in [-0.15, -0.1) is 0 Å². The quantitative estimate of drug-likeness (QED) is 0.908. The van der Waals surface area contributed by atoms with E-state index in [2.05, 4.69) is 4.90 Å². The average Bonchev–Trinajstić information content (AvgIpc) is 2.89. The largest absolute Gasteiger partial charge is 0.496 e. The molecule has 0 bridgehead atoms. The Morgan fingerprint density at radius 1 is 1.43 bits per heavy atom. The second-order valence-corrected chi connectivity index (χ2v) is 5.90. The molecule has 0 aromatic heterocycles. The summed E-state index contributed by atoms with van der Waals surface area (Å²) in [5.41, 5.74) is 1.45. The molecule has 2 aliphatic heterocycles. The van der Waals surface area contributed by atoms with Crippen LogP contribution in [-0.2, 0) is 6.54 Å². The first kappa shape index (κ1) is 15.6. The number of amides is 1. The third kappa shape index (κ3) is 2.84. The van der Waals surface area contributed by atoms with Crippen LogP contribution < -0.4 is 9.47 Å². The fourth-order valence-electron chi connectivity index (χ4n) is 3.24. The van der Waals surface area contributed by atoms with Crippen molar-refractivity contribution in [3.8, 4) is 11.5 Å². The van der Waals surface area contributed by atoms with Gasteiger partial charge in [0.15, 0.2) is 6.61 Å². The summed E-state index contributed by atoms with van der Waals surface area (Å²) < 4.78 is 11.0. The van der Waals surface area contributed by atoms with Crippen LogP contribution in [0.2, 0.25) is 0 Å². The monoisotopic (exact) mass is 320 g/mol. The van der Waals surface area contributed by atoms with Gasteiger partial charge in [0.2, 0.25) is 5.78 Å². The predicted molar refractivity (Wildman–Crippen MR) is 82.3 cm³/mol. The van der Waals surface area contributed by atoms with Crippen molar-refractivity contribution in [1.82, 2.24) is 9.80 Å². The Hall–Kier alpha value is -2.28. The molecule has 3 rings (SSSR count). The number of hydrogen-bond acceptors (Lipinski definition) is 5. The van der Waals surface area contributed by atoms with E-state index < -0.39 is 6.09 Å². The summed E-state index contributed by atoms with van der Waals surface area (Å²) in [6.45, 7) is 4.27. The molecule has 23 heavy (non-hydrogen) atoms. The molecule has 0 aliphatic carbocycles. The van der Waals surface area contributed by atoms with Crippen LogP contribution in [-0.4, -0.2) is 66.2 Å². The molecule has 1 atom stereocenters. The van der Waals surface area contributed by atoms with E-state index in [0.717, 1.165) is 5.56 Å². The van der Waals surface area contributed by atoms with Gasteiger partial charge >= 0.3 is 6.09 Å². The number of carboxylic acid groups (broad SMARTS) is 1. The minimum atomic E-state index is -0.885. The molecule has 0 saturated carbocycles. The number of fused-ring (bicyclic) bond motifs is 1. The zero-order valence-corrected chi connectivity index (χ0v) is 13.2. The zero-order chi connectivity index (χ0) is 16.6. The summed E-state index contributed by atoms with van der Waals surface area (Å²) >= 11 is 0. The van der Waals surface area contributed by atoms with Gasteiger partial charge < -0.3 is 19.5 Å². The molecule has 0 spiro atoms. The van der Waals surface area contributed by atoms with E-state index in [9.17, 15) is 9.59 Å². The number of nitrogens with zero attached hydrogens (tertiary/aromatic N) is 2. The third-order valence-corrected chi connectivity index (χ3v) is 4.42. The molecule has 0 radical (unpaired) electrons. The average molecular weight is 320 g/mol. The Morgan fingerprint density at radius 2 is 2.22 bits per heavy atom. The van der Waals surface area contributed by atoms with E-state index >= 15 is 0 Å². The molecule has 1 saturated heterocycles. The van der Waals surface area contributed by atoms with E-state index in [0.29, 0.717) is 43.2 Å². The minimum Gasteiger partial charge on any atom is -0.496 e. The number of piperazine rings is 1. The number of ketones is 1. The fourth-order valence-corrected chi connectivity index (χ4v) is 3.24. The van der Waals surface area contributed by atoms with Crippen LogP contribution in [0.3, 0.4) is 0 Å². The van der Waals surface area contributed by atoms with E-state index in [-0.39, 0.29) is 18.4 Å². The Balaban J connectivity index is 1.81. The van der Waals surface area contributed by atoms with Crippen LogP contribution in [0.5, 0.6) is 11.5 Å². The highest BCUT2D eigenvalue weighted by Crippen LogP contribution is 2.37. The van der Waals surface area contributed by atoms with Crippen LogP contribution >= 0.6 is 0 Å². The van der Waals surface area contributed by atoms with Crippen molar-refractivity contribution >= 4 is 11.9 Å². The molecule has 7 nitrogen and oxygen atoms in total. The van der Waals surface area contributed by atoms with E-state index in [1.54, 1.807) is 19.2 Å².